The van der Waals surface area contributed by atoms with Crippen LogP contribution >= 0.6 is 23.1 Å². The Morgan fingerprint density at radius 1 is 1.38 bits per heavy atom. The van der Waals surface area contributed by atoms with E-state index in [4.69, 9.17) is 4.98 Å². The van der Waals surface area contributed by atoms with E-state index >= 15 is 0 Å². The minimum absolute atomic E-state index is 0.509. The maximum atomic E-state index is 4.98. The van der Waals surface area contributed by atoms with Crippen LogP contribution in [0.2, 0.25) is 0 Å². The van der Waals surface area contributed by atoms with Gasteiger partial charge < -0.3 is 10.2 Å². The number of nitrogens with one attached hydrogen (secondary N) is 1. The van der Waals surface area contributed by atoms with Gasteiger partial charge in [0.15, 0.2) is 5.13 Å². The molecule has 0 aliphatic carbocycles. The van der Waals surface area contributed by atoms with Gasteiger partial charge >= 0.3 is 0 Å². The standard InChI is InChI=1S/C16H29N3S2/c1-5-7-17-10-14-15(12(3)4)18-16(21-14)19-8-9-20-13(6-2)11-19/h12-13,17H,5-11H2,1-4H3. The van der Waals surface area contributed by atoms with Gasteiger partial charge in [-0.15, -0.1) is 11.3 Å². The van der Waals surface area contributed by atoms with Crippen molar-refractivity contribution in [1.82, 2.24) is 10.3 Å². The Labute approximate surface area is 137 Å². The fourth-order valence-electron chi connectivity index (χ4n) is 2.58. The molecular weight excluding hydrogens is 298 g/mol. The largest absolute Gasteiger partial charge is 0.346 e. The molecule has 1 atom stereocenters. The lowest BCUT2D eigenvalue weighted by Gasteiger charge is -2.31. The third-order valence-corrected chi connectivity index (χ3v) is 6.34. The van der Waals surface area contributed by atoms with E-state index in [9.17, 15) is 0 Å². The molecule has 5 heteroatoms. The van der Waals surface area contributed by atoms with Crippen molar-refractivity contribution in [3.05, 3.63) is 10.6 Å². The lowest BCUT2D eigenvalue weighted by atomic mass is 10.1. The maximum absolute atomic E-state index is 4.98. The van der Waals surface area contributed by atoms with E-state index in [0.717, 1.165) is 31.4 Å². The number of nitrogens with zero attached hydrogens (tertiary/aromatic N) is 2. The van der Waals surface area contributed by atoms with Crippen molar-refractivity contribution in [2.45, 2.75) is 58.2 Å². The summed E-state index contributed by atoms with van der Waals surface area (Å²) in [5.41, 5.74) is 1.30. The van der Waals surface area contributed by atoms with Crippen LogP contribution in [0.3, 0.4) is 0 Å². The topological polar surface area (TPSA) is 28.2 Å². The number of aromatic nitrogens is 1. The van der Waals surface area contributed by atoms with Crippen molar-refractivity contribution < 1.29 is 0 Å². The number of rotatable bonds is 7. The van der Waals surface area contributed by atoms with Crippen LogP contribution in [0.5, 0.6) is 0 Å². The number of thiazole rings is 1. The Bertz CT molecular complexity index is 431. The molecule has 2 heterocycles. The summed E-state index contributed by atoms with van der Waals surface area (Å²) >= 11 is 4.02. The third-order valence-electron chi connectivity index (χ3n) is 3.84. The quantitative estimate of drug-likeness (QED) is 0.763. The van der Waals surface area contributed by atoms with Crippen molar-refractivity contribution in [2.75, 3.05) is 30.3 Å². The number of anilines is 1. The second kappa shape index (κ2) is 8.39. The summed E-state index contributed by atoms with van der Waals surface area (Å²) in [4.78, 5) is 8.91. The molecule has 1 aromatic heterocycles. The smallest absolute Gasteiger partial charge is 0.185 e. The van der Waals surface area contributed by atoms with Crippen LogP contribution in [0.1, 0.15) is 57.0 Å². The molecule has 0 spiro atoms. The van der Waals surface area contributed by atoms with Gasteiger partial charge in [-0.2, -0.15) is 11.8 Å². The molecule has 0 amide bonds. The number of hydrogen-bond acceptors (Lipinski definition) is 5. The Balaban J connectivity index is 2.10. The van der Waals surface area contributed by atoms with E-state index in [1.165, 1.54) is 34.3 Å². The van der Waals surface area contributed by atoms with Crippen LogP contribution in [0.25, 0.3) is 0 Å². The monoisotopic (exact) mass is 327 g/mol. The van der Waals surface area contributed by atoms with E-state index in [0.29, 0.717) is 5.92 Å². The summed E-state index contributed by atoms with van der Waals surface area (Å²) in [6, 6.07) is 0. The summed E-state index contributed by atoms with van der Waals surface area (Å²) in [6.45, 7) is 13.4. The van der Waals surface area contributed by atoms with E-state index < -0.39 is 0 Å². The van der Waals surface area contributed by atoms with Crippen molar-refractivity contribution in [2.24, 2.45) is 0 Å². The highest BCUT2D eigenvalue weighted by molar-refractivity contribution is 8.00. The Kier molecular flexibility index (Phi) is 6.83. The Hall–Kier alpha value is -0.260. The summed E-state index contributed by atoms with van der Waals surface area (Å²) in [5, 5.41) is 5.54. The number of thioether (sulfide) groups is 1. The van der Waals surface area contributed by atoms with E-state index in [1.807, 2.05) is 11.3 Å². The second-order valence-electron chi connectivity index (χ2n) is 5.98. The van der Waals surface area contributed by atoms with Crippen LogP contribution in [0.15, 0.2) is 0 Å². The molecule has 21 heavy (non-hydrogen) atoms. The molecule has 1 N–H and O–H groups in total. The molecular formula is C16H29N3S2. The zero-order chi connectivity index (χ0) is 15.2. The summed E-state index contributed by atoms with van der Waals surface area (Å²) < 4.78 is 0. The van der Waals surface area contributed by atoms with Gasteiger partial charge in [0.25, 0.3) is 0 Å². The minimum atomic E-state index is 0.509. The summed E-state index contributed by atoms with van der Waals surface area (Å²) in [7, 11) is 0. The summed E-state index contributed by atoms with van der Waals surface area (Å²) in [5.74, 6) is 1.74. The van der Waals surface area contributed by atoms with Crippen molar-refractivity contribution in [3.63, 3.8) is 0 Å². The van der Waals surface area contributed by atoms with E-state index in [-0.39, 0.29) is 0 Å². The summed E-state index contributed by atoms with van der Waals surface area (Å²) in [6.07, 6.45) is 2.44. The third kappa shape index (κ3) is 4.60. The Morgan fingerprint density at radius 2 is 2.19 bits per heavy atom. The molecule has 2 rings (SSSR count). The molecule has 1 aliphatic rings. The Morgan fingerprint density at radius 3 is 2.86 bits per heavy atom. The molecule has 1 aliphatic heterocycles. The first-order valence-electron chi connectivity index (χ1n) is 8.22. The van der Waals surface area contributed by atoms with Gasteiger partial charge in [0.2, 0.25) is 0 Å². The lowest BCUT2D eigenvalue weighted by molar-refractivity contribution is 0.670. The molecule has 1 aromatic rings. The molecule has 1 unspecified atom stereocenters. The first kappa shape index (κ1) is 17.1. The van der Waals surface area contributed by atoms with Crippen molar-refractivity contribution in [3.8, 4) is 0 Å². The maximum Gasteiger partial charge on any atom is 0.185 e. The molecule has 1 fully saturated rings. The van der Waals surface area contributed by atoms with Gasteiger partial charge in [0, 0.05) is 35.5 Å². The van der Waals surface area contributed by atoms with Crippen LogP contribution in [-0.4, -0.2) is 35.6 Å². The fourth-order valence-corrected chi connectivity index (χ4v) is 4.98. The van der Waals surface area contributed by atoms with Crippen LogP contribution in [0, 0.1) is 0 Å². The van der Waals surface area contributed by atoms with Gasteiger partial charge in [0.1, 0.15) is 0 Å². The van der Waals surface area contributed by atoms with E-state index in [2.05, 4.69) is 49.7 Å². The minimum Gasteiger partial charge on any atom is -0.346 e. The van der Waals surface area contributed by atoms with Crippen molar-refractivity contribution in [1.29, 1.82) is 0 Å². The molecule has 0 radical (unpaired) electrons. The van der Waals surface area contributed by atoms with Crippen molar-refractivity contribution >= 4 is 28.2 Å². The average Bonchev–Trinajstić information content (AvgIpc) is 2.92. The lowest BCUT2D eigenvalue weighted by Crippen LogP contribution is -2.37. The first-order valence-corrected chi connectivity index (χ1v) is 10.1. The zero-order valence-corrected chi connectivity index (χ0v) is 15.4. The predicted molar refractivity (Wildman–Crippen MR) is 97.0 cm³/mol. The fraction of sp³-hybridized carbons (Fsp3) is 0.812. The van der Waals surface area contributed by atoms with Gasteiger partial charge in [-0.25, -0.2) is 4.98 Å². The molecule has 3 nitrogen and oxygen atoms in total. The number of hydrogen-bond donors (Lipinski definition) is 1. The zero-order valence-electron chi connectivity index (χ0n) is 13.8. The highest BCUT2D eigenvalue weighted by Gasteiger charge is 2.23. The average molecular weight is 328 g/mol. The van der Waals surface area contributed by atoms with Gasteiger partial charge in [-0.05, 0) is 25.3 Å². The van der Waals surface area contributed by atoms with Gasteiger partial charge in [0.05, 0.1) is 5.69 Å². The highest BCUT2D eigenvalue weighted by Crippen LogP contribution is 2.33. The normalized spacial score (nSPS) is 19.5. The van der Waals surface area contributed by atoms with Crippen LogP contribution < -0.4 is 10.2 Å². The molecule has 0 saturated carbocycles. The first-order chi connectivity index (χ1) is 10.2. The second-order valence-corrected chi connectivity index (χ2v) is 8.45. The molecule has 0 bridgehead atoms. The molecule has 120 valence electrons. The SMILES string of the molecule is CCCNCc1sc(N2CCSC(CC)C2)nc1C(C)C. The van der Waals surface area contributed by atoms with E-state index in [1.54, 1.807) is 0 Å². The molecule has 1 saturated heterocycles. The van der Waals surface area contributed by atoms with Crippen LogP contribution in [-0.2, 0) is 6.54 Å². The highest BCUT2D eigenvalue weighted by atomic mass is 32.2. The van der Waals surface area contributed by atoms with Gasteiger partial charge in [-0.3, -0.25) is 0 Å². The predicted octanol–water partition coefficient (Wildman–Crippen LogP) is 4.10. The van der Waals surface area contributed by atoms with Gasteiger partial charge in [-0.1, -0.05) is 27.7 Å². The van der Waals surface area contributed by atoms with Crippen LogP contribution in [0.4, 0.5) is 5.13 Å². The molecule has 0 aromatic carbocycles.